The zero-order valence-electron chi connectivity index (χ0n) is 10.9. The molecule has 1 aromatic rings. The number of hydrogen-bond donors (Lipinski definition) is 0. The van der Waals surface area contributed by atoms with Crippen LogP contribution in [0, 0.1) is 0 Å². The Labute approximate surface area is 108 Å². The standard InChI is InChI=1S/C15H20O3/c1-17-14-9-8-12(11-16)15(10-14)18-13-6-4-2-3-5-7-13/h8-11,13H,2-7H2,1H3. The Kier molecular flexibility index (Phi) is 4.62. The van der Waals surface area contributed by atoms with Crippen LogP contribution in [0.5, 0.6) is 11.5 Å². The maximum absolute atomic E-state index is 11.0. The van der Waals surface area contributed by atoms with Crippen LogP contribution in [-0.4, -0.2) is 19.5 Å². The molecule has 0 heterocycles. The zero-order chi connectivity index (χ0) is 12.8. The van der Waals surface area contributed by atoms with Gasteiger partial charge in [-0.05, 0) is 37.8 Å². The molecule has 0 aliphatic heterocycles. The molecule has 18 heavy (non-hydrogen) atoms. The summed E-state index contributed by atoms with van der Waals surface area (Å²) in [5, 5.41) is 0. The minimum absolute atomic E-state index is 0.235. The fourth-order valence-corrected chi connectivity index (χ4v) is 2.38. The predicted molar refractivity (Wildman–Crippen MR) is 70.5 cm³/mol. The van der Waals surface area contributed by atoms with Crippen molar-refractivity contribution < 1.29 is 14.3 Å². The van der Waals surface area contributed by atoms with E-state index >= 15 is 0 Å². The summed E-state index contributed by atoms with van der Waals surface area (Å²) in [5.41, 5.74) is 0.597. The van der Waals surface area contributed by atoms with Crippen LogP contribution >= 0.6 is 0 Å². The molecule has 3 heteroatoms. The lowest BCUT2D eigenvalue weighted by atomic mass is 10.1. The number of rotatable bonds is 4. The minimum atomic E-state index is 0.235. The van der Waals surface area contributed by atoms with E-state index in [0.717, 1.165) is 24.9 Å². The molecule has 0 saturated heterocycles. The van der Waals surface area contributed by atoms with Crippen molar-refractivity contribution in [3.8, 4) is 11.5 Å². The van der Waals surface area contributed by atoms with E-state index in [2.05, 4.69) is 0 Å². The smallest absolute Gasteiger partial charge is 0.153 e. The van der Waals surface area contributed by atoms with Gasteiger partial charge in [-0.2, -0.15) is 0 Å². The summed E-state index contributed by atoms with van der Waals surface area (Å²) in [4.78, 5) is 11.0. The normalized spacial score (nSPS) is 16.9. The second-order valence-electron chi connectivity index (χ2n) is 4.75. The van der Waals surface area contributed by atoms with Gasteiger partial charge in [0.25, 0.3) is 0 Å². The van der Waals surface area contributed by atoms with Gasteiger partial charge < -0.3 is 9.47 Å². The average molecular weight is 248 g/mol. The zero-order valence-corrected chi connectivity index (χ0v) is 10.9. The highest BCUT2D eigenvalue weighted by molar-refractivity contribution is 5.79. The molecule has 0 aromatic heterocycles. The van der Waals surface area contributed by atoms with Crippen molar-refractivity contribution in [1.29, 1.82) is 0 Å². The van der Waals surface area contributed by atoms with E-state index in [1.54, 1.807) is 25.3 Å². The Bertz CT molecular complexity index is 393. The Morgan fingerprint density at radius 2 is 1.89 bits per heavy atom. The molecule has 0 bridgehead atoms. The van der Waals surface area contributed by atoms with Crippen molar-refractivity contribution in [2.75, 3.05) is 7.11 Å². The number of methoxy groups -OCH3 is 1. The number of carbonyl (C=O) groups excluding carboxylic acids is 1. The minimum Gasteiger partial charge on any atom is -0.497 e. The molecule has 2 rings (SSSR count). The lowest BCUT2D eigenvalue weighted by molar-refractivity contribution is 0.111. The molecule has 0 radical (unpaired) electrons. The van der Waals surface area contributed by atoms with Gasteiger partial charge in [0, 0.05) is 6.07 Å². The van der Waals surface area contributed by atoms with E-state index in [9.17, 15) is 4.79 Å². The van der Waals surface area contributed by atoms with Gasteiger partial charge in [0.05, 0.1) is 18.8 Å². The van der Waals surface area contributed by atoms with E-state index in [4.69, 9.17) is 9.47 Å². The highest BCUT2D eigenvalue weighted by Gasteiger charge is 2.15. The maximum Gasteiger partial charge on any atom is 0.153 e. The second-order valence-corrected chi connectivity index (χ2v) is 4.75. The molecule has 0 spiro atoms. The Hall–Kier alpha value is -1.51. The number of carbonyl (C=O) groups is 1. The van der Waals surface area contributed by atoms with Crippen LogP contribution in [0.2, 0.25) is 0 Å². The molecule has 1 aliphatic carbocycles. The van der Waals surface area contributed by atoms with Crippen LogP contribution in [0.3, 0.4) is 0 Å². The quantitative estimate of drug-likeness (QED) is 0.603. The molecule has 0 unspecified atom stereocenters. The molecular weight excluding hydrogens is 228 g/mol. The van der Waals surface area contributed by atoms with Gasteiger partial charge in [0.1, 0.15) is 11.5 Å². The third kappa shape index (κ3) is 3.25. The van der Waals surface area contributed by atoms with Crippen molar-refractivity contribution in [1.82, 2.24) is 0 Å². The van der Waals surface area contributed by atoms with E-state index in [-0.39, 0.29) is 6.10 Å². The number of ether oxygens (including phenoxy) is 2. The molecule has 3 nitrogen and oxygen atoms in total. The summed E-state index contributed by atoms with van der Waals surface area (Å²) in [5.74, 6) is 1.38. The first-order valence-electron chi connectivity index (χ1n) is 6.63. The fourth-order valence-electron chi connectivity index (χ4n) is 2.38. The molecule has 1 fully saturated rings. The lowest BCUT2D eigenvalue weighted by Crippen LogP contribution is -2.16. The number of benzene rings is 1. The number of aldehydes is 1. The SMILES string of the molecule is COc1ccc(C=O)c(OC2CCCCCC2)c1. The van der Waals surface area contributed by atoms with E-state index in [1.165, 1.54) is 25.7 Å². The third-order valence-electron chi connectivity index (χ3n) is 3.44. The van der Waals surface area contributed by atoms with Gasteiger partial charge in [0.15, 0.2) is 6.29 Å². The molecule has 0 amide bonds. The molecule has 0 atom stereocenters. The summed E-state index contributed by atoms with van der Waals surface area (Å²) in [6.07, 6.45) is 8.24. The van der Waals surface area contributed by atoms with E-state index in [1.807, 2.05) is 0 Å². The fraction of sp³-hybridized carbons (Fsp3) is 0.533. The van der Waals surface area contributed by atoms with Crippen LogP contribution in [0.25, 0.3) is 0 Å². The highest BCUT2D eigenvalue weighted by Crippen LogP contribution is 2.28. The third-order valence-corrected chi connectivity index (χ3v) is 3.44. The van der Waals surface area contributed by atoms with Crippen LogP contribution in [-0.2, 0) is 0 Å². The summed E-state index contributed by atoms with van der Waals surface area (Å²) in [6, 6.07) is 5.33. The van der Waals surface area contributed by atoms with Gasteiger partial charge in [-0.1, -0.05) is 12.8 Å². The average Bonchev–Trinajstić information content (AvgIpc) is 2.67. The maximum atomic E-state index is 11.0. The predicted octanol–water partition coefficient (Wildman–Crippen LogP) is 3.61. The van der Waals surface area contributed by atoms with Crippen LogP contribution in [0.15, 0.2) is 18.2 Å². The summed E-state index contributed by atoms with van der Waals surface area (Å²) >= 11 is 0. The van der Waals surface area contributed by atoms with Crippen molar-refractivity contribution in [2.45, 2.75) is 44.6 Å². The first-order valence-corrected chi connectivity index (χ1v) is 6.63. The molecule has 1 aromatic carbocycles. The van der Waals surface area contributed by atoms with Crippen molar-refractivity contribution in [3.63, 3.8) is 0 Å². The van der Waals surface area contributed by atoms with Crippen LogP contribution < -0.4 is 9.47 Å². The summed E-state index contributed by atoms with van der Waals surface area (Å²) in [7, 11) is 1.62. The second kappa shape index (κ2) is 6.43. The van der Waals surface area contributed by atoms with Crippen molar-refractivity contribution >= 4 is 6.29 Å². The molecular formula is C15H20O3. The molecule has 0 N–H and O–H groups in total. The van der Waals surface area contributed by atoms with Gasteiger partial charge in [-0.15, -0.1) is 0 Å². The lowest BCUT2D eigenvalue weighted by Gasteiger charge is -2.18. The van der Waals surface area contributed by atoms with Crippen molar-refractivity contribution in [2.24, 2.45) is 0 Å². The van der Waals surface area contributed by atoms with Gasteiger partial charge in [-0.25, -0.2) is 0 Å². The first kappa shape index (κ1) is 12.9. The van der Waals surface area contributed by atoms with E-state index in [0.29, 0.717) is 11.3 Å². The molecule has 98 valence electrons. The van der Waals surface area contributed by atoms with Gasteiger partial charge in [-0.3, -0.25) is 4.79 Å². The monoisotopic (exact) mass is 248 g/mol. The van der Waals surface area contributed by atoms with Crippen molar-refractivity contribution in [3.05, 3.63) is 23.8 Å². The molecule has 1 saturated carbocycles. The molecule has 1 aliphatic rings. The topological polar surface area (TPSA) is 35.5 Å². The summed E-state index contributed by atoms with van der Waals surface area (Å²) < 4.78 is 11.2. The van der Waals surface area contributed by atoms with Gasteiger partial charge >= 0.3 is 0 Å². The van der Waals surface area contributed by atoms with E-state index < -0.39 is 0 Å². The largest absolute Gasteiger partial charge is 0.497 e. The Morgan fingerprint density at radius 3 is 2.50 bits per heavy atom. The highest BCUT2D eigenvalue weighted by atomic mass is 16.5. The van der Waals surface area contributed by atoms with Gasteiger partial charge in [0.2, 0.25) is 0 Å². The first-order chi connectivity index (χ1) is 8.83. The summed E-state index contributed by atoms with van der Waals surface area (Å²) in [6.45, 7) is 0. The van der Waals surface area contributed by atoms with Crippen LogP contribution in [0.4, 0.5) is 0 Å². The Balaban J connectivity index is 2.12. The number of hydrogen-bond acceptors (Lipinski definition) is 3. The van der Waals surface area contributed by atoms with Crippen LogP contribution in [0.1, 0.15) is 48.9 Å². The Morgan fingerprint density at radius 1 is 1.17 bits per heavy atom.